The topological polar surface area (TPSA) is 30.0 Å². The van der Waals surface area contributed by atoms with E-state index >= 15 is 0 Å². The number of rotatable bonds is 0. The summed E-state index contributed by atoms with van der Waals surface area (Å²) in [4.78, 5) is 0. The predicted octanol–water partition coefficient (Wildman–Crippen LogP) is -0.830. The fourth-order valence-electron chi connectivity index (χ4n) is 0. The van der Waals surface area contributed by atoms with E-state index in [2.05, 4.69) is 0 Å². The van der Waals surface area contributed by atoms with Gasteiger partial charge in [0.2, 0.25) is 0 Å². The maximum atomic E-state index is 0. The van der Waals surface area contributed by atoms with E-state index in [-0.39, 0.29) is 69.7 Å². The van der Waals surface area contributed by atoms with Gasteiger partial charge in [-0.2, -0.15) is 0 Å². The van der Waals surface area contributed by atoms with Gasteiger partial charge in [-0.05, 0) is 0 Å². The minimum absolute atomic E-state index is 0. The quantitative estimate of drug-likeness (QED) is 0.420. The smallest absolute Gasteiger partial charge is 0 e. The van der Waals surface area contributed by atoms with E-state index in [0.29, 0.717) is 0 Å². The molecule has 16 valence electrons. The summed E-state index contributed by atoms with van der Waals surface area (Å²) < 4.78 is 0. The molecule has 0 atom stereocenters. The van der Waals surface area contributed by atoms with Crippen LogP contribution < -0.4 is 0 Å². The summed E-state index contributed by atoms with van der Waals surface area (Å²) in [6, 6.07) is 0. The molecule has 0 aromatic heterocycles. The molecule has 0 rings (SSSR count). The van der Waals surface area contributed by atoms with Crippen LogP contribution in [-0.2, 0) is 41.2 Å². The molecule has 0 aromatic carbocycles. The van der Waals surface area contributed by atoms with E-state index in [9.17, 15) is 0 Å². The van der Waals surface area contributed by atoms with Crippen LogP contribution in [0.2, 0.25) is 0 Å². The third-order valence-electron chi connectivity index (χ3n) is 0. The van der Waals surface area contributed by atoms with E-state index in [1.165, 1.54) is 0 Å². The van der Waals surface area contributed by atoms with Gasteiger partial charge in [-0.15, -0.1) is 0 Å². The van der Waals surface area contributed by atoms with Crippen molar-refractivity contribution in [2.24, 2.45) is 0 Å². The van der Waals surface area contributed by atoms with E-state index < -0.39 is 0 Å². The van der Waals surface area contributed by atoms with E-state index in [4.69, 9.17) is 0 Å². The summed E-state index contributed by atoms with van der Waals surface area (Å²) in [5.74, 6) is 0. The number of hydrogen-bond donors (Lipinski definition) is 0. The van der Waals surface area contributed by atoms with Crippen LogP contribution in [0.25, 0.3) is 0 Å². The third-order valence-corrected chi connectivity index (χ3v) is 0. The molecule has 1 nitrogen and oxygen atoms in total. The van der Waals surface area contributed by atoms with Crippen molar-refractivity contribution in [3.63, 3.8) is 0 Å². The first-order chi connectivity index (χ1) is 0. The monoisotopic (exact) mass is 154 g/mol. The largest absolute Gasteiger partial charge is 0.870 e. The Morgan fingerprint density at radius 2 is 1.00 bits per heavy atom. The molecule has 0 aliphatic heterocycles. The maximum absolute atomic E-state index is 0. The van der Waals surface area contributed by atoms with E-state index in [1.807, 2.05) is 0 Å². The Bertz CT molecular complexity index is 8.00. The molecule has 0 fully saturated rings. The zero-order valence-electron chi connectivity index (χ0n) is 2.65. The molecule has 0 saturated heterocycles. The molecule has 1 N–H and O–H groups in total. The minimum Gasteiger partial charge on any atom is -0.870 e. The second-order valence-corrected chi connectivity index (χ2v) is 0. The van der Waals surface area contributed by atoms with Crippen LogP contribution >= 0.6 is 0 Å². The fraction of sp³-hybridized carbons (Fsp3) is 0. The minimum atomic E-state index is 0. The zero-order valence-corrected chi connectivity index (χ0v) is 9.18. The molecule has 0 aliphatic carbocycles. The molecular weight excluding hydrogens is 154 g/mol. The Labute approximate surface area is 69.0 Å². The molecule has 0 heterocycles. The zero-order chi connectivity index (χ0) is 0. The van der Waals surface area contributed by atoms with Gasteiger partial charge in [0, 0.05) is 41.2 Å². The molecule has 0 aliphatic rings. The first-order valence-electron chi connectivity index (χ1n) is 0. The van der Waals surface area contributed by atoms with Crippen molar-refractivity contribution in [2.45, 2.75) is 0 Å². The Hall–Kier alpha value is 2.06. The van der Waals surface area contributed by atoms with Crippen LogP contribution in [0.15, 0.2) is 0 Å². The van der Waals surface area contributed by atoms with Crippen LogP contribution in [0.1, 0.15) is 0 Å². The van der Waals surface area contributed by atoms with Gasteiger partial charge in [-0.1, -0.05) is 0 Å². The predicted molar refractivity (Wildman–Crippen MR) is 9.08 cm³/mol. The van der Waals surface area contributed by atoms with E-state index in [0.717, 1.165) is 0 Å². The Kier molecular flexibility index (Phi) is 179. The van der Waals surface area contributed by atoms with Crippen molar-refractivity contribution in [2.75, 3.05) is 0 Å². The van der Waals surface area contributed by atoms with Crippen LogP contribution in [0.5, 0.6) is 0 Å². The molecule has 0 unspecified atom stereocenters. The van der Waals surface area contributed by atoms with Crippen molar-refractivity contribution >= 4 is 23.1 Å². The van der Waals surface area contributed by atoms with Crippen LogP contribution in [0.3, 0.4) is 0 Å². The molecular formula is H2MgOTiZn. The summed E-state index contributed by atoms with van der Waals surface area (Å²) >= 11 is 0. The second kappa shape index (κ2) is 19.6. The van der Waals surface area contributed by atoms with Gasteiger partial charge in [-0.25, -0.2) is 0 Å². The first kappa shape index (κ1) is 36.5. The Morgan fingerprint density at radius 3 is 1.00 bits per heavy atom. The van der Waals surface area contributed by atoms with Crippen molar-refractivity contribution < 1.29 is 46.7 Å². The normalized spacial score (nSPS) is 0. The molecule has 0 bridgehead atoms. The summed E-state index contributed by atoms with van der Waals surface area (Å²) in [7, 11) is 0. The Balaban J connectivity index is 0. The fourth-order valence-corrected chi connectivity index (χ4v) is 0. The van der Waals surface area contributed by atoms with Crippen molar-refractivity contribution in [1.82, 2.24) is 0 Å². The standard InChI is InChI=1S/Mg.H2O.Ti.Zn.H/h;1H2;;;/q+1;;;;/p-1. The Morgan fingerprint density at radius 1 is 1.00 bits per heavy atom. The molecule has 0 radical (unpaired) electrons. The van der Waals surface area contributed by atoms with Gasteiger partial charge < -0.3 is 5.48 Å². The van der Waals surface area contributed by atoms with Gasteiger partial charge in [0.15, 0.2) is 0 Å². The van der Waals surface area contributed by atoms with Gasteiger partial charge in [0.1, 0.15) is 0 Å². The van der Waals surface area contributed by atoms with Crippen LogP contribution in [-0.4, -0.2) is 28.5 Å². The average Bonchev–Trinajstić information content (AvgIpc) is 0. The van der Waals surface area contributed by atoms with Crippen molar-refractivity contribution in [1.29, 1.82) is 0 Å². The molecule has 4 heteroatoms. The third kappa shape index (κ3) is 8.96. The summed E-state index contributed by atoms with van der Waals surface area (Å²) in [5, 5.41) is 0. The summed E-state index contributed by atoms with van der Waals surface area (Å²) in [6.07, 6.45) is 0. The van der Waals surface area contributed by atoms with E-state index in [1.54, 1.807) is 0 Å². The van der Waals surface area contributed by atoms with Gasteiger partial charge in [0.25, 0.3) is 0 Å². The molecule has 0 amide bonds. The summed E-state index contributed by atoms with van der Waals surface area (Å²) in [5.41, 5.74) is 0. The van der Waals surface area contributed by atoms with Gasteiger partial charge in [-0.3, -0.25) is 0 Å². The first-order valence-corrected chi connectivity index (χ1v) is 0. The SMILES string of the molecule is [MgH+].[OH-].[Ti].[Zn]. The second-order valence-electron chi connectivity index (χ2n) is 0. The van der Waals surface area contributed by atoms with Crippen LogP contribution in [0.4, 0.5) is 0 Å². The molecule has 0 aromatic rings. The summed E-state index contributed by atoms with van der Waals surface area (Å²) in [6.45, 7) is 0. The molecule has 4 heavy (non-hydrogen) atoms. The van der Waals surface area contributed by atoms with Gasteiger partial charge in [0.05, 0.1) is 0 Å². The maximum Gasteiger partial charge on any atom is 0 e. The number of hydrogen-bond acceptors (Lipinski definition) is 1. The van der Waals surface area contributed by atoms with Gasteiger partial charge >= 0.3 is 23.1 Å². The van der Waals surface area contributed by atoms with Crippen molar-refractivity contribution in [3.8, 4) is 0 Å². The van der Waals surface area contributed by atoms with Crippen molar-refractivity contribution in [3.05, 3.63) is 0 Å². The molecule has 0 spiro atoms. The van der Waals surface area contributed by atoms with Crippen LogP contribution in [0, 0.1) is 0 Å². The molecule has 0 saturated carbocycles. The average molecular weight is 156 g/mol.